The minimum absolute atomic E-state index is 0.0973. The molecule has 0 saturated heterocycles. The van der Waals surface area contributed by atoms with Gasteiger partial charge in [-0.2, -0.15) is 5.10 Å². The van der Waals surface area contributed by atoms with E-state index in [0.717, 1.165) is 0 Å². The molecule has 0 aliphatic carbocycles. The number of rotatable bonds is 5. The second-order valence-electron chi connectivity index (χ2n) is 7.12. The average molecular weight is 420 g/mol. The van der Waals surface area contributed by atoms with Crippen molar-refractivity contribution in [3.05, 3.63) is 47.8 Å². The molecule has 0 unspecified atom stereocenters. The third-order valence-corrected chi connectivity index (χ3v) is 4.84. The maximum Gasteiger partial charge on any atom is 0.270 e. The van der Waals surface area contributed by atoms with E-state index >= 15 is 0 Å². The number of aliphatic hydroxyl groups is 1. The van der Waals surface area contributed by atoms with E-state index in [0.29, 0.717) is 34.5 Å². The van der Waals surface area contributed by atoms with E-state index in [4.69, 9.17) is 5.73 Å². The first kappa shape index (κ1) is 21.8. The van der Waals surface area contributed by atoms with Gasteiger partial charge in [0.25, 0.3) is 11.8 Å². The molecule has 31 heavy (non-hydrogen) atoms. The van der Waals surface area contributed by atoms with Crippen molar-refractivity contribution in [2.24, 2.45) is 5.73 Å². The van der Waals surface area contributed by atoms with Gasteiger partial charge < -0.3 is 21.1 Å². The zero-order valence-electron chi connectivity index (χ0n) is 17.8. The highest BCUT2D eigenvalue weighted by molar-refractivity contribution is 6.08. The molecule has 3 rings (SSSR count). The summed E-state index contributed by atoms with van der Waals surface area (Å²) in [5.74, 6) is 4.83. The highest BCUT2D eigenvalue weighted by atomic mass is 16.3. The molecule has 160 valence electrons. The van der Waals surface area contributed by atoms with Gasteiger partial charge in [-0.15, -0.1) is 0 Å². The first-order valence-electron chi connectivity index (χ1n) is 9.66. The van der Waals surface area contributed by atoms with E-state index in [-0.39, 0.29) is 5.69 Å². The van der Waals surface area contributed by atoms with Crippen molar-refractivity contribution in [3.63, 3.8) is 0 Å². The first-order valence-corrected chi connectivity index (χ1v) is 9.66. The molecule has 9 nitrogen and oxygen atoms in total. The van der Waals surface area contributed by atoms with Gasteiger partial charge in [0.05, 0.1) is 16.6 Å². The molecule has 0 bridgehead atoms. The molecule has 1 aromatic carbocycles. The molecule has 0 aliphatic rings. The van der Waals surface area contributed by atoms with Crippen LogP contribution in [0.15, 0.2) is 36.5 Å². The molecule has 2 heterocycles. The number of carbonyl (C=O) groups excluding carboxylic acids is 2. The summed E-state index contributed by atoms with van der Waals surface area (Å²) in [6.45, 7) is 3.64. The highest BCUT2D eigenvalue weighted by Gasteiger charge is 2.30. The van der Waals surface area contributed by atoms with Gasteiger partial charge in [-0.25, -0.2) is 9.67 Å². The van der Waals surface area contributed by atoms with Crippen molar-refractivity contribution in [3.8, 4) is 17.5 Å². The fraction of sp³-hybridized carbons (Fsp3) is 0.273. The fourth-order valence-corrected chi connectivity index (χ4v) is 3.10. The Morgan fingerprint density at radius 1 is 1.35 bits per heavy atom. The average Bonchev–Trinajstić information content (AvgIpc) is 3.17. The predicted molar refractivity (Wildman–Crippen MR) is 118 cm³/mol. The zero-order chi connectivity index (χ0) is 22.8. The molecule has 4 N–H and O–H groups in total. The number of carbonyl (C=O) groups is 2. The van der Waals surface area contributed by atoms with Crippen molar-refractivity contribution in [2.45, 2.75) is 19.4 Å². The van der Waals surface area contributed by atoms with Crippen molar-refractivity contribution < 1.29 is 14.7 Å². The van der Waals surface area contributed by atoms with Crippen molar-refractivity contribution in [2.75, 3.05) is 26.0 Å². The smallest absolute Gasteiger partial charge is 0.270 e. The van der Waals surface area contributed by atoms with Crippen LogP contribution in [0.25, 0.3) is 16.6 Å². The van der Waals surface area contributed by atoms with Crippen LogP contribution in [0.4, 0.5) is 5.82 Å². The lowest BCUT2D eigenvalue weighted by Crippen LogP contribution is -2.44. The van der Waals surface area contributed by atoms with Crippen LogP contribution < -0.4 is 11.1 Å². The van der Waals surface area contributed by atoms with Crippen molar-refractivity contribution >= 4 is 28.5 Å². The number of aromatic nitrogens is 3. The van der Waals surface area contributed by atoms with E-state index in [2.05, 4.69) is 27.2 Å². The van der Waals surface area contributed by atoms with Crippen LogP contribution in [0.3, 0.4) is 0 Å². The number of pyridine rings is 1. The van der Waals surface area contributed by atoms with E-state index in [1.54, 1.807) is 55.3 Å². The van der Waals surface area contributed by atoms with E-state index < -0.39 is 17.4 Å². The van der Waals surface area contributed by atoms with Crippen LogP contribution in [0.1, 0.15) is 29.9 Å². The number of nitrogens with two attached hydrogens (primary N) is 1. The van der Waals surface area contributed by atoms with E-state index in [1.165, 1.54) is 11.8 Å². The Bertz CT molecular complexity index is 1220. The molecule has 0 aliphatic heterocycles. The maximum absolute atomic E-state index is 12.3. The standard InChI is InChI=1S/C22H24N6O3/c1-5-27(4)21(30)22(2,31)11-9-14-7-6-8-15(13-14)28-16-10-12-25-20(24-3)17(16)18(26-28)19(23)29/h6-8,10,12-13,31H,5H2,1-4H3,(H2,23,29)(H,24,25)/t22-/m1/s1. The molecule has 9 heteroatoms. The molecular weight excluding hydrogens is 396 g/mol. The SMILES string of the molecule is CCN(C)C(=O)[C@](C)(O)C#Cc1cccc(-n2nc(C(N)=O)c3c(NC)nccc32)c1. The Balaban J connectivity index is 2.07. The predicted octanol–water partition coefficient (Wildman–Crippen LogP) is 1.14. The van der Waals surface area contributed by atoms with Gasteiger partial charge >= 0.3 is 0 Å². The zero-order valence-corrected chi connectivity index (χ0v) is 17.8. The Morgan fingerprint density at radius 2 is 2.10 bits per heavy atom. The van der Waals surface area contributed by atoms with E-state index in [9.17, 15) is 14.7 Å². The second kappa shape index (κ2) is 8.45. The molecule has 1 atom stereocenters. The van der Waals surface area contributed by atoms with Crippen molar-refractivity contribution in [1.29, 1.82) is 0 Å². The monoisotopic (exact) mass is 420 g/mol. The Morgan fingerprint density at radius 3 is 2.74 bits per heavy atom. The van der Waals surface area contributed by atoms with E-state index in [1.807, 2.05) is 6.92 Å². The number of benzene rings is 1. The molecule has 2 aromatic heterocycles. The summed E-state index contributed by atoms with van der Waals surface area (Å²) in [5, 5.41) is 18.3. The van der Waals surface area contributed by atoms with Gasteiger partial charge in [0.2, 0.25) is 5.60 Å². The van der Waals surface area contributed by atoms with Gasteiger partial charge in [0.1, 0.15) is 5.82 Å². The molecule has 3 aromatic rings. The molecule has 0 saturated carbocycles. The van der Waals surface area contributed by atoms with Gasteiger partial charge in [0.15, 0.2) is 5.69 Å². The Kier molecular flexibility index (Phi) is 5.95. The van der Waals surface area contributed by atoms with Gasteiger partial charge in [-0.05, 0) is 38.1 Å². The van der Waals surface area contributed by atoms with Crippen molar-refractivity contribution in [1.82, 2.24) is 19.7 Å². The lowest BCUT2D eigenvalue weighted by Gasteiger charge is -2.22. The largest absolute Gasteiger partial charge is 0.373 e. The minimum Gasteiger partial charge on any atom is -0.373 e. The number of hydrogen-bond acceptors (Lipinski definition) is 6. The third kappa shape index (κ3) is 4.20. The number of hydrogen-bond donors (Lipinski definition) is 3. The van der Waals surface area contributed by atoms with Gasteiger partial charge in [0, 0.05) is 32.4 Å². The van der Waals surface area contributed by atoms with Crippen LogP contribution in [0.2, 0.25) is 0 Å². The summed E-state index contributed by atoms with van der Waals surface area (Å²) in [6.07, 6.45) is 1.60. The molecule has 0 radical (unpaired) electrons. The Labute approximate surface area is 179 Å². The summed E-state index contributed by atoms with van der Waals surface area (Å²) in [5.41, 5.74) is 5.66. The van der Waals surface area contributed by atoms with Gasteiger partial charge in [-0.1, -0.05) is 17.9 Å². The highest BCUT2D eigenvalue weighted by Crippen LogP contribution is 2.27. The molecule has 2 amide bonds. The summed E-state index contributed by atoms with van der Waals surface area (Å²) in [6, 6.07) is 8.80. The Hall–Kier alpha value is -3.90. The summed E-state index contributed by atoms with van der Waals surface area (Å²) < 4.78 is 1.58. The number of amides is 2. The second-order valence-corrected chi connectivity index (χ2v) is 7.12. The lowest BCUT2D eigenvalue weighted by molar-refractivity contribution is -0.142. The normalized spacial score (nSPS) is 12.5. The summed E-state index contributed by atoms with van der Waals surface area (Å²) >= 11 is 0. The van der Waals surface area contributed by atoms with Gasteiger partial charge in [-0.3, -0.25) is 9.59 Å². The fourth-order valence-electron chi connectivity index (χ4n) is 3.10. The van der Waals surface area contributed by atoms with Crippen LogP contribution in [0, 0.1) is 11.8 Å². The van der Waals surface area contributed by atoms with Crippen LogP contribution >= 0.6 is 0 Å². The van der Waals surface area contributed by atoms with Crippen LogP contribution in [0.5, 0.6) is 0 Å². The quantitative estimate of drug-likeness (QED) is 0.532. The number of likely N-dealkylation sites (N-methyl/N-ethyl adjacent to an activating group) is 1. The molecule has 0 fully saturated rings. The number of nitrogens with zero attached hydrogens (tertiary/aromatic N) is 4. The topological polar surface area (TPSA) is 126 Å². The minimum atomic E-state index is -1.81. The summed E-state index contributed by atoms with van der Waals surface area (Å²) in [7, 11) is 3.30. The summed E-state index contributed by atoms with van der Waals surface area (Å²) in [4.78, 5) is 29.9. The number of fused-ring (bicyclic) bond motifs is 1. The number of primary amides is 1. The third-order valence-electron chi connectivity index (χ3n) is 4.84. The molecular formula is C22H24N6O3. The maximum atomic E-state index is 12.3. The number of anilines is 1. The van der Waals surface area contributed by atoms with Crippen LogP contribution in [-0.2, 0) is 4.79 Å². The lowest BCUT2D eigenvalue weighted by atomic mass is 10.1. The first-order chi connectivity index (χ1) is 14.7. The number of nitrogens with one attached hydrogen (secondary N) is 1. The molecule has 0 spiro atoms. The van der Waals surface area contributed by atoms with Crippen LogP contribution in [-0.4, -0.2) is 62.8 Å².